The van der Waals surface area contributed by atoms with E-state index in [1.807, 2.05) is 22.9 Å². The Morgan fingerprint density at radius 3 is 2.57 bits per heavy atom. The summed E-state index contributed by atoms with van der Waals surface area (Å²) in [5, 5.41) is 12.7. The van der Waals surface area contributed by atoms with Gasteiger partial charge in [0.15, 0.2) is 0 Å². The Bertz CT molecular complexity index is 607. The first-order valence-corrected chi connectivity index (χ1v) is 7.57. The minimum atomic E-state index is -0.149. The molecule has 0 bridgehead atoms. The second kappa shape index (κ2) is 6.34. The van der Waals surface area contributed by atoms with E-state index < -0.39 is 0 Å². The predicted octanol–water partition coefficient (Wildman–Crippen LogP) is 2.74. The molecule has 0 radical (unpaired) electrons. The summed E-state index contributed by atoms with van der Waals surface area (Å²) in [6, 6.07) is 5.75. The summed E-state index contributed by atoms with van der Waals surface area (Å²) in [6.07, 6.45) is 0. The fourth-order valence-electron chi connectivity index (χ4n) is 1.83. The van der Waals surface area contributed by atoms with Gasteiger partial charge in [0.2, 0.25) is 5.16 Å². The topological polar surface area (TPSA) is 62.1 Å². The number of methoxy groups -OCH3 is 2. The monoisotopic (exact) mass is 308 g/mol. The average molecular weight is 308 g/mol. The minimum Gasteiger partial charge on any atom is -0.497 e. The molecule has 0 aliphatic rings. The van der Waals surface area contributed by atoms with Gasteiger partial charge in [-0.25, -0.2) is 4.68 Å². The number of hydrogen-bond donors (Lipinski definition) is 0. The van der Waals surface area contributed by atoms with Gasteiger partial charge in [-0.15, -0.1) is 5.10 Å². The number of rotatable bonds is 5. The largest absolute Gasteiger partial charge is 0.497 e. The van der Waals surface area contributed by atoms with Crippen molar-refractivity contribution in [3.05, 3.63) is 23.8 Å². The number of thioether (sulfide) groups is 1. The van der Waals surface area contributed by atoms with E-state index in [0.717, 1.165) is 22.2 Å². The zero-order chi connectivity index (χ0) is 15.5. The van der Waals surface area contributed by atoms with E-state index in [-0.39, 0.29) is 5.54 Å². The van der Waals surface area contributed by atoms with Crippen molar-refractivity contribution < 1.29 is 9.47 Å². The molecule has 0 spiro atoms. The summed E-state index contributed by atoms with van der Waals surface area (Å²) in [5.41, 5.74) is 0.898. The summed E-state index contributed by atoms with van der Waals surface area (Å²) in [5.74, 6) is 2.34. The fourth-order valence-corrected chi connectivity index (χ4v) is 2.86. The average Bonchev–Trinajstić information content (AvgIpc) is 2.93. The van der Waals surface area contributed by atoms with Crippen LogP contribution in [0.1, 0.15) is 26.3 Å². The molecule has 0 amide bonds. The number of nitrogens with zero attached hydrogens (tertiary/aromatic N) is 4. The normalized spacial score (nSPS) is 11.5. The first-order chi connectivity index (χ1) is 9.95. The molecule has 1 aromatic carbocycles. The third-order valence-electron chi connectivity index (χ3n) is 2.92. The van der Waals surface area contributed by atoms with Crippen molar-refractivity contribution in [3.63, 3.8) is 0 Å². The van der Waals surface area contributed by atoms with Gasteiger partial charge in [-0.05, 0) is 49.4 Å². The van der Waals surface area contributed by atoms with Gasteiger partial charge in [-0.3, -0.25) is 0 Å². The van der Waals surface area contributed by atoms with Gasteiger partial charge in [-0.2, -0.15) is 0 Å². The van der Waals surface area contributed by atoms with Crippen LogP contribution in [0.4, 0.5) is 0 Å². The molecule has 0 N–H and O–H groups in total. The van der Waals surface area contributed by atoms with Gasteiger partial charge in [0.05, 0.1) is 19.8 Å². The molecule has 0 saturated heterocycles. The Hall–Kier alpha value is -1.76. The minimum absolute atomic E-state index is 0.149. The van der Waals surface area contributed by atoms with Crippen LogP contribution in [0, 0.1) is 0 Å². The molecule has 0 fully saturated rings. The van der Waals surface area contributed by atoms with Crippen molar-refractivity contribution in [2.45, 2.75) is 37.2 Å². The zero-order valence-corrected chi connectivity index (χ0v) is 13.8. The van der Waals surface area contributed by atoms with Gasteiger partial charge in [0.25, 0.3) is 0 Å². The number of hydrogen-bond acceptors (Lipinski definition) is 6. The maximum Gasteiger partial charge on any atom is 0.210 e. The van der Waals surface area contributed by atoms with E-state index in [2.05, 4.69) is 36.3 Å². The second-order valence-corrected chi connectivity index (χ2v) is 6.45. The highest BCUT2D eigenvalue weighted by Crippen LogP contribution is 2.31. The van der Waals surface area contributed by atoms with Gasteiger partial charge in [0, 0.05) is 11.3 Å². The molecule has 0 aliphatic carbocycles. The molecule has 21 heavy (non-hydrogen) atoms. The van der Waals surface area contributed by atoms with Crippen LogP contribution in [-0.4, -0.2) is 34.4 Å². The SMILES string of the molecule is COc1ccc(OC)c(CSc2nnnn2C(C)(C)C)c1. The lowest BCUT2D eigenvalue weighted by molar-refractivity contribution is 0.321. The van der Waals surface area contributed by atoms with Crippen LogP contribution in [0.15, 0.2) is 23.4 Å². The van der Waals surface area contributed by atoms with Crippen molar-refractivity contribution in [1.29, 1.82) is 0 Å². The van der Waals surface area contributed by atoms with Gasteiger partial charge in [-0.1, -0.05) is 11.8 Å². The molecule has 6 nitrogen and oxygen atoms in total. The Kier molecular flexibility index (Phi) is 4.72. The van der Waals surface area contributed by atoms with Crippen LogP contribution in [-0.2, 0) is 11.3 Å². The molecule has 0 saturated carbocycles. The van der Waals surface area contributed by atoms with Crippen molar-refractivity contribution in [2.24, 2.45) is 0 Å². The third-order valence-corrected chi connectivity index (χ3v) is 3.89. The summed E-state index contributed by atoms with van der Waals surface area (Å²) >= 11 is 1.57. The highest BCUT2D eigenvalue weighted by atomic mass is 32.2. The van der Waals surface area contributed by atoms with E-state index in [0.29, 0.717) is 5.75 Å². The number of benzene rings is 1. The maximum absolute atomic E-state index is 5.38. The molecular weight excluding hydrogens is 288 g/mol. The van der Waals surface area contributed by atoms with Gasteiger partial charge < -0.3 is 9.47 Å². The molecule has 1 aromatic heterocycles. The summed E-state index contributed by atoms with van der Waals surface area (Å²) in [7, 11) is 3.31. The smallest absolute Gasteiger partial charge is 0.210 e. The molecule has 0 aliphatic heterocycles. The van der Waals surface area contributed by atoms with Crippen molar-refractivity contribution in [1.82, 2.24) is 20.2 Å². The van der Waals surface area contributed by atoms with Crippen molar-refractivity contribution >= 4 is 11.8 Å². The fraction of sp³-hybridized carbons (Fsp3) is 0.500. The molecule has 0 unspecified atom stereocenters. The van der Waals surface area contributed by atoms with Crippen LogP contribution < -0.4 is 9.47 Å². The summed E-state index contributed by atoms with van der Waals surface area (Å²) in [6.45, 7) is 6.21. The van der Waals surface area contributed by atoms with E-state index in [1.54, 1.807) is 26.0 Å². The third kappa shape index (κ3) is 3.66. The van der Waals surface area contributed by atoms with Crippen LogP contribution in [0.5, 0.6) is 11.5 Å². The number of aromatic nitrogens is 4. The van der Waals surface area contributed by atoms with Crippen molar-refractivity contribution in [3.8, 4) is 11.5 Å². The molecular formula is C14H20N4O2S. The van der Waals surface area contributed by atoms with E-state index in [4.69, 9.17) is 9.47 Å². The predicted molar refractivity (Wildman–Crippen MR) is 81.9 cm³/mol. The maximum atomic E-state index is 5.38. The zero-order valence-electron chi connectivity index (χ0n) is 13.0. The molecule has 114 valence electrons. The first-order valence-electron chi connectivity index (χ1n) is 6.58. The Morgan fingerprint density at radius 2 is 1.95 bits per heavy atom. The molecule has 0 atom stereocenters. The highest BCUT2D eigenvalue weighted by molar-refractivity contribution is 7.98. The van der Waals surface area contributed by atoms with E-state index >= 15 is 0 Å². The second-order valence-electron chi connectivity index (χ2n) is 5.51. The first kappa shape index (κ1) is 15.6. The molecule has 2 aromatic rings. The van der Waals surface area contributed by atoms with Crippen LogP contribution >= 0.6 is 11.8 Å². The van der Waals surface area contributed by atoms with E-state index in [9.17, 15) is 0 Å². The van der Waals surface area contributed by atoms with Crippen LogP contribution in [0.3, 0.4) is 0 Å². The van der Waals surface area contributed by atoms with Crippen LogP contribution in [0.25, 0.3) is 0 Å². The number of ether oxygens (including phenoxy) is 2. The van der Waals surface area contributed by atoms with Gasteiger partial charge in [0.1, 0.15) is 11.5 Å². The lowest BCUT2D eigenvalue weighted by atomic mass is 10.1. The Labute approximate surface area is 128 Å². The summed E-state index contributed by atoms with van der Waals surface area (Å²) in [4.78, 5) is 0. The Morgan fingerprint density at radius 1 is 1.19 bits per heavy atom. The lowest BCUT2D eigenvalue weighted by Crippen LogP contribution is -2.24. The summed E-state index contributed by atoms with van der Waals surface area (Å²) < 4.78 is 12.5. The molecule has 7 heteroatoms. The number of tetrazole rings is 1. The van der Waals surface area contributed by atoms with Crippen LogP contribution in [0.2, 0.25) is 0 Å². The highest BCUT2D eigenvalue weighted by Gasteiger charge is 2.20. The van der Waals surface area contributed by atoms with Crippen molar-refractivity contribution in [2.75, 3.05) is 14.2 Å². The molecule has 1 heterocycles. The molecule has 2 rings (SSSR count). The lowest BCUT2D eigenvalue weighted by Gasteiger charge is -2.19. The quantitative estimate of drug-likeness (QED) is 0.792. The van der Waals surface area contributed by atoms with Gasteiger partial charge >= 0.3 is 0 Å². The van der Waals surface area contributed by atoms with E-state index in [1.165, 1.54) is 0 Å². The standard InChI is InChI=1S/C14H20N4O2S/c1-14(2,3)18-13(15-16-17-18)21-9-10-8-11(19-4)6-7-12(10)20-5/h6-8H,9H2,1-5H3. The Balaban J connectivity index is 2.19.